The predicted octanol–water partition coefficient (Wildman–Crippen LogP) is 8.34. The van der Waals surface area contributed by atoms with E-state index in [1.807, 2.05) is 0 Å². The monoisotopic (exact) mass is 413 g/mol. The molecular weight excluding hydrogens is 390 g/mol. The summed E-state index contributed by atoms with van der Waals surface area (Å²) in [6, 6.07) is 26.5. The van der Waals surface area contributed by atoms with E-state index in [9.17, 15) is 0 Å². The standard InChI is InChI=1S/C30H23NO/c1-19-11-14-23-24-15-13-21(18-29(24)32-28(23)17-19)31-26-10-6-5-9-25(26)30-22-8-4-2-3-7-20(22)12-16-27(30)31/h3,5-7,9-18H,2,4,8H2,1H3. The van der Waals surface area contributed by atoms with E-state index in [1.54, 1.807) is 0 Å². The maximum absolute atomic E-state index is 6.28. The number of aromatic nitrogens is 1. The van der Waals surface area contributed by atoms with Crippen LogP contribution in [0.5, 0.6) is 0 Å². The Kier molecular flexibility index (Phi) is 3.69. The average Bonchev–Trinajstić information content (AvgIpc) is 3.22. The minimum absolute atomic E-state index is 0.937. The molecule has 0 bridgehead atoms. The summed E-state index contributed by atoms with van der Waals surface area (Å²) in [4.78, 5) is 0. The van der Waals surface area contributed by atoms with Crippen LogP contribution in [-0.2, 0) is 6.42 Å². The molecular formula is C30H23NO. The summed E-state index contributed by atoms with van der Waals surface area (Å²) in [6.07, 6.45) is 8.09. The van der Waals surface area contributed by atoms with E-state index in [2.05, 4.69) is 96.4 Å². The van der Waals surface area contributed by atoms with Gasteiger partial charge in [-0.05, 0) is 73.2 Å². The molecule has 0 N–H and O–H groups in total. The highest BCUT2D eigenvalue weighted by Crippen LogP contribution is 2.38. The Morgan fingerprint density at radius 3 is 2.56 bits per heavy atom. The van der Waals surface area contributed by atoms with Crippen LogP contribution in [0.4, 0.5) is 0 Å². The van der Waals surface area contributed by atoms with Crippen molar-refractivity contribution in [3.05, 3.63) is 95.6 Å². The average molecular weight is 414 g/mol. The smallest absolute Gasteiger partial charge is 0.137 e. The maximum atomic E-state index is 6.28. The van der Waals surface area contributed by atoms with Crippen LogP contribution in [0.2, 0.25) is 0 Å². The van der Waals surface area contributed by atoms with Crippen molar-refractivity contribution >= 4 is 49.8 Å². The predicted molar refractivity (Wildman–Crippen MR) is 135 cm³/mol. The Bertz CT molecular complexity index is 1710. The van der Waals surface area contributed by atoms with Crippen molar-refractivity contribution in [1.29, 1.82) is 0 Å². The number of aryl methyl sites for hydroxylation is 2. The van der Waals surface area contributed by atoms with Gasteiger partial charge >= 0.3 is 0 Å². The van der Waals surface area contributed by atoms with Gasteiger partial charge in [-0.3, -0.25) is 0 Å². The molecule has 0 saturated heterocycles. The topological polar surface area (TPSA) is 18.1 Å². The molecule has 0 radical (unpaired) electrons. The number of rotatable bonds is 1. The molecule has 1 aliphatic carbocycles. The Morgan fingerprint density at radius 2 is 1.62 bits per heavy atom. The SMILES string of the molecule is Cc1ccc2c(c1)oc1cc(-n3c4ccccc4c4c5c(ccc43)C=CCCC5)ccc12. The van der Waals surface area contributed by atoms with Crippen LogP contribution in [-0.4, -0.2) is 4.57 Å². The molecule has 0 fully saturated rings. The van der Waals surface area contributed by atoms with Crippen LogP contribution >= 0.6 is 0 Å². The first-order valence-electron chi connectivity index (χ1n) is 11.4. The van der Waals surface area contributed by atoms with Gasteiger partial charge in [0.2, 0.25) is 0 Å². The van der Waals surface area contributed by atoms with Crippen molar-refractivity contribution in [1.82, 2.24) is 4.57 Å². The molecule has 0 saturated carbocycles. The minimum Gasteiger partial charge on any atom is -0.456 e. The number of fused-ring (bicyclic) bond motifs is 8. The Labute approximate surface area is 186 Å². The molecule has 0 aliphatic heterocycles. The van der Waals surface area contributed by atoms with Gasteiger partial charge in [0, 0.05) is 33.3 Å². The molecule has 0 amide bonds. The third-order valence-electron chi connectivity index (χ3n) is 6.95. The van der Waals surface area contributed by atoms with Gasteiger partial charge < -0.3 is 8.98 Å². The highest BCUT2D eigenvalue weighted by molar-refractivity contribution is 6.12. The van der Waals surface area contributed by atoms with E-state index >= 15 is 0 Å². The number of hydrogen-bond donors (Lipinski definition) is 0. The van der Waals surface area contributed by atoms with Gasteiger partial charge in [0.1, 0.15) is 11.2 Å². The number of furan rings is 1. The molecule has 2 heterocycles. The van der Waals surface area contributed by atoms with Crippen LogP contribution in [0, 0.1) is 6.92 Å². The summed E-state index contributed by atoms with van der Waals surface area (Å²) in [6.45, 7) is 2.11. The number of benzene rings is 4. The van der Waals surface area contributed by atoms with E-state index in [4.69, 9.17) is 4.42 Å². The summed E-state index contributed by atoms with van der Waals surface area (Å²) in [5.41, 5.74) is 9.61. The minimum atomic E-state index is 0.937. The third-order valence-corrected chi connectivity index (χ3v) is 6.95. The Morgan fingerprint density at radius 1 is 0.781 bits per heavy atom. The van der Waals surface area contributed by atoms with Crippen LogP contribution in [0.15, 0.2) is 83.3 Å². The largest absolute Gasteiger partial charge is 0.456 e. The van der Waals surface area contributed by atoms with E-state index in [-0.39, 0.29) is 0 Å². The third kappa shape index (κ3) is 2.47. The van der Waals surface area contributed by atoms with Crippen molar-refractivity contribution in [2.75, 3.05) is 0 Å². The maximum Gasteiger partial charge on any atom is 0.137 e. The second-order valence-corrected chi connectivity index (χ2v) is 8.96. The molecule has 0 unspecified atom stereocenters. The fourth-order valence-electron chi connectivity index (χ4n) is 5.47. The van der Waals surface area contributed by atoms with Gasteiger partial charge in [-0.25, -0.2) is 0 Å². The van der Waals surface area contributed by atoms with Gasteiger partial charge in [-0.15, -0.1) is 0 Å². The lowest BCUT2D eigenvalue weighted by atomic mass is 9.98. The van der Waals surface area contributed by atoms with Gasteiger partial charge in [0.15, 0.2) is 0 Å². The van der Waals surface area contributed by atoms with Gasteiger partial charge in [-0.1, -0.05) is 48.6 Å². The highest BCUT2D eigenvalue weighted by Gasteiger charge is 2.18. The van der Waals surface area contributed by atoms with E-state index in [1.165, 1.54) is 55.7 Å². The first-order valence-corrected chi connectivity index (χ1v) is 11.4. The molecule has 6 aromatic rings. The molecule has 1 aliphatic rings. The molecule has 154 valence electrons. The molecule has 32 heavy (non-hydrogen) atoms. The lowest BCUT2D eigenvalue weighted by molar-refractivity contribution is 0.668. The van der Waals surface area contributed by atoms with Crippen LogP contribution < -0.4 is 0 Å². The second-order valence-electron chi connectivity index (χ2n) is 8.96. The fraction of sp³-hybridized carbons (Fsp3) is 0.133. The second kappa shape index (κ2) is 6.61. The highest BCUT2D eigenvalue weighted by atomic mass is 16.3. The number of allylic oxidation sites excluding steroid dienone is 1. The van der Waals surface area contributed by atoms with Gasteiger partial charge in [0.25, 0.3) is 0 Å². The molecule has 0 atom stereocenters. The van der Waals surface area contributed by atoms with Crippen molar-refractivity contribution in [3.63, 3.8) is 0 Å². The molecule has 2 heteroatoms. The summed E-state index contributed by atoms with van der Waals surface area (Å²) >= 11 is 0. The number of hydrogen-bond acceptors (Lipinski definition) is 1. The number of para-hydroxylation sites is 1. The van der Waals surface area contributed by atoms with Crippen molar-refractivity contribution in [3.8, 4) is 5.69 Å². The fourth-order valence-corrected chi connectivity index (χ4v) is 5.47. The zero-order valence-electron chi connectivity index (χ0n) is 18.1. The lowest BCUT2D eigenvalue weighted by Crippen LogP contribution is -1.95. The van der Waals surface area contributed by atoms with Gasteiger partial charge in [-0.2, -0.15) is 0 Å². The van der Waals surface area contributed by atoms with E-state index in [0.717, 1.165) is 29.7 Å². The molecule has 7 rings (SSSR count). The molecule has 4 aromatic carbocycles. The molecule has 2 aromatic heterocycles. The number of nitrogens with zero attached hydrogens (tertiary/aromatic N) is 1. The summed E-state index contributed by atoms with van der Waals surface area (Å²) in [5.74, 6) is 0. The first kappa shape index (κ1) is 17.9. The van der Waals surface area contributed by atoms with Crippen LogP contribution in [0.3, 0.4) is 0 Å². The van der Waals surface area contributed by atoms with Crippen LogP contribution in [0.25, 0.3) is 55.5 Å². The zero-order chi connectivity index (χ0) is 21.2. The van der Waals surface area contributed by atoms with Crippen LogP contribution in [0.1, 0.15) is 29.5 Å². The molecule has 2 nitrogen and oxygen atoms in total. The Hall–Kier alpha value is -3.78. The molecule has 0 spiro atoms. The summed E-state index contributed by atoms with van der Waals surface area (Å²) < 4.78 is 8.68. The lowest BCUT2D eigenvalue weighted by Gasteiger charge is -2.10. The van der Waals surface area contributed by atoms with E-state index in [0.29, 0.717) is 0 Å². The normalized spacial score (nSPS) is 13.9. The van der Waals surface area contributed by atoms with Crippen molar-refractivity contribution in [2.24, 2.45) is 0 Å². The zero-order valence-corrected chi connectivity index (χ0v) is 18.1. The summed E-state index contributed by atoms with van der Waals surface area (Å²) in [5, 5.41) is 5.07. The van der Waals surface area contributed by atoms with Crippen molar-refractivity contribution < 1.29 is 4.42 Å². The van der Waals surface area contributed by atoms with E-state index < -0.39 is 0 Å². The Balaban J connectivity index is 1.56. The van der Waals surface area contributed by atoms with Crippen molar-refractivity contribution in [2.45, 2.75) is 26.2 Å². The first-order chi connectivity index (χ1) is 15.8. The quantitative estimate of drug-likeness (QED) is 0.265. The van der Waals surface area contributed by atoms with Gasteiger partial charge in [0.05, 0.1) is 11.0 Å². The summed E-state index contributed by atoms with van der Waals surface area (Å²) in [7, 11) is 0.